The summed E-state index contributed by atoms with van der Waals surface area (Å²) >= 11 is 5.91. The van der Waals surface area contributed by atoms with Crippen LogP contribution in [0.3, 0.4) is 0 Å². The van der Waals surface area contributed by atoms with Gasteiger partial charge in [-0.15, -0.1) is 0 Å². The molecule has 1 atom stereocenters. The number of nitrogens with one attached hydrogen (secondary N) is 2. The van der Waals surface area contributed by atoms with E-state index < -0.39 is 0 Å². The van der Waals surface area contributed by atoms with Crippen LogP contribution in [0.2, 0.25) is 5.02 Å². The van der Waals surface area contributed by atoms with E-state index in [4.69, 9.17) is 11.6 Å². The smallest absolute Gasteiger partial charge is 0.262 e. The number of carbonyl (C=O) groups excluding carboxylic acids is 1. The Labute approximate surface area is 124 Å². The Kier molecular flexibility index (Phi) is 5.41. The lowest BCUT2D eigenvalue weighted by Crippen LogP contribution is -2.35. The van der Waals surface area contributed by atoms with E-state index in [0.717, 1.165) is 24.2 Å². The van der Waals surface area contributed by atoms with Gasteiger partial charge in [-0.1, -0.05) is 24.1 Å². The number of hydrazone groups is 1. The van der Waals surface area contributed by atoms with Crippen molar-refractivity contribution in [2.75, 3.05) is 5.32 Å². The fourth-order valence-corrected chi connectivity index (χ4v) is 2.39. The van der Waals surface area contributed by atoms with Crippen molar-refractivity contribution in [3.8, 4) is 0 Å². The lowest BCUT2D eigenvalue weighted by Gasteiger charge is -2.15. The van der Waals surface area contributed by atoms with E-state index in [1.54, 1.807) is 19.1 Å². The van der Waals surface area contributed by atoms with Crippen molar-refractivity contribution < 1.29 is 4.79 Å². The van der Waals surface area contributed by atoms with Crippen LogP contribution in [0.15, 0.2) is 29.4 Å². The van der Waals surface area contributed by atoms with Crippen LogP contribution in [0.25, 0.3) is 0 Å². The van der Waals surface area contributed by atoms with Crippen molar-refractivity contribution in [2.24, 2.45) is 5.10 Å². The largest absolute Gasteiger partial charge is 0.374 e. The van der Waals surface area contributed by atoms with Gasteiger partial charge in [0.25, 0.3) is 5.91 Å². The van der Waals surface area contributed by atoms with E-state index in [1.807, 2.05) is 12.1 Å². The molecule has 20 heavy (non-hydrogen) atoms. The van der Waals surface area contributed by atoms with E-state index in [0.29, 0.717) is 5.02 Å². The van der Waals surface area contributed by atoms with Gasteiger partial charge in [-0.05, 0) is 50.8 Å². The van der Waals surface area contributed by atoms with E-state index in [2.05, 4.69) is 15.8 Å². The van der Waals surface area contributed by atoms with Crippen molar-refractivity contribution >= 4 is 28.9 Å². The summed E-state index contributed by atoms with van der Waals surface area (Å²) in [5.41, 5.74) is 4.56. The molecule has 0 spiro atoms. The normalized spacial score (nSPS) is 16.4. The van der Waals surface area contributed by atoms with E-state index in [1.165, 1.54) is 19.3 Å². The number of hydrogen-bond donors (Lipinski definition) is 2. The second-order valence-electron chi connectivity index (χ2n) is 5.09. The van der Waals surface area contributed by atoms with Gasteiger partial charge in [-0.25, -0.2) is 5.43 Å². The van der Waals surface area contributed by atoms with Crippen LogP contribution in [0.1, 0.15) is 39.0 Å². The molecule has 1 aliphatic carbocycles. The molecule has 2 N–H and O–H groups in total. The second kappa shape index (κ2) is 7.29. The Morgan fingerprint density at radius 1 is 1.30 bits per heavy atom. The summed E-state index contributed by atoms with van der Waals surface area (Å²) in [4.78, 5) is 12.0. The van der Waals surface area contributed by atoms with Crippen LogP contribution in [-0.4, -0.2) is 17.7 Å². The van der Waals surface area contributed by atoms with E-state index in [9.17, 15) is 4.79 Å². The molecule has 1 aromatic carbocycles. The zero-order chi connectivity index (χ0) is 14.4. The summed E-state index contributed by atoms with van der Waals surface area (Å²) in [5.74, 6) is -0.136. The van der Waals surface area contributed by atoms with Gasteiger partial charge in [0.05, 0.1) is 0 Å². The van der Waals surface area contributed by atoms with Crippen LogP contribution in [0, 0.1) is 0 Å². The highest BCUT2D eigenvalue weighted by atomic mass is 35.5. The highest BCUT2D eigenvalue weighted by Crippen LogP contribution is 2.16. The zero-order valence-electron chi connectivity index (χ0n) is 11.7. The third-order valence-electron chi connectivity index (χ3n) is 3.36. The molecule has 0 radical (unpaired) electrons. The maximum Gasteiger partial charge on any atom is 0.262 e. The first-order valence-corrected chi connectivity index (χ1v) is 7.40. The molecular formula is C15H20ClN3O. The fourth-order valence-electron chi connectivity index (χ4n) is 2.20. The number of rotatable bonds is 4. The lowest BCUT2D eigenvalue weighted by atomic mass is 9.99. The van der Waals surface area contributed by atoms with E-state index >= 15 is 0 Å². The Balaban J connectivity index is 1.85. The van der Waals surface area contributed by atoms with Gasteiger partial charge in [0.15, 0.2) is 0 Å². The number of anilines is 1. The molecule has 0 saturated heterocycles. The Hall–Kier alpha value is -1.55. The molecule has 108 valence electrons. The number of amides is 1. The van der Waals surface area contributed by atoms with Crippen molar-refractivity contribution in [3.63, 3.8) is 0 Å². The Morgan fingerprint density at radius 3 is 2.75 bits per heavy atom. The molecule has 5 heteroatoms. The first-order valence-electron chi connectivity index (χ1n) is 7.02. The molecule has 0 heterocycles. The number of hydrogen-bond acceptors (Lipinski definition) is 3. The minimum atomic E-state index is -0.360. The first kappa shape index (κ1) is 14.9. The van der Waals surface area contributed by atoms with Gasteiger partial charge < -0.3 is 5.32 Å². The molecule has 1 aliphatic rings. The molecule has 1 aromatic rings. The molecule has 1 unspecified atom stereocenters. The van der Waals surface area contributed by atoms with Gasteiger partial charge in [-0.3, -0.25) is 4.79 Å². The number of nitrogens with zero attached hydrogens (tertiary/aromatic N) is 1. The summed E-state index contributed by atoms with van der Waals surface area (Å²) in [5, 5.41) is 7.96. The third-order valence-corrected chi connectivity index (χ3v) is 3.59. The minimum Gasteiger partial charge on any atom is -0.374 e. The second-order valence-corrected chi connectivity index (χ2v) is 5.53. The highest BCUT2D eigenvalue weighted by Gasteiger charge is 2.13. The maximum absolute atomic E-state index is 12.0. The number of benzene rings is 1. The number of halogens is 1. The van der Waals surface area contributed by atoms with Gasteiger partial charge in [0, 0.05) is 16.4 Å². The summed E-state index contributed by atoms with van der Waals surface area (Å²) in [6, 6.07) is 6.95. The van der Waals surface area contributed by atoms with Crippen molar-refractivity contribution in [1.82, 2.24) is 5.43 Å². The third kappa shape index (κ3) is 4.53. The van der Waals surface area contributed by atoms with Gasteiger partial charge in [-0.2, -0.15) is 5.10 Å². The van der Waals surface area contributed by atoms with Crippen molar-refractivity contribution in [2.45, 2.75) is 45.1 Å². The molecule has 0 aliphatic heterocycles. The van der Waals surface area contributed by atoms with Gasteiger partial charge in [0.2, 0.25) is 0 Å². The number of carbonyl (C=O) groups is 1. The van der Waals surface area contributed by atoms with Crippen LogP contribution in [0.4, 0.5) is 5.69 Å². The molecule has 2 rings (SSSR count). The molecular weight excluding hydrogens is 274 g/mol. The minimum absolute atomic E-state index is 0.136. The standard InChI is InChI=1S/C15H20ClN3O/c1-11(17-14-9-5-6-12(16)10-14)15(20)19-18-13-7-3-2-4-8-13/h5-6,9-11,17H,2-4,7-8H2,1H3,(H,19,20). The lowest BCUT2D eigenvalue weighted by molar-refractivity contribution is -0.121. The predicted molar refractivity (Wildman–Crippen MR) is 83.2 cm³/mol. The predicted octanol–water partition coefficient (Wildman–Crippen LogP) is 3.58. The molecule has 0 aromatic heterocycles. The summed E-state index contributed by atoms with van der Waals surface area (Å²) in [7, 11) is 0. The Morgan fingerprint density at radius 2 is 2.05 bits per heavy atom. The van der Waals surface area contributed by atoms with Crippen LogP contribution in [0.5, 0.6) is 0 Å². The first-order chi connectivity index (χ1) is 9.65. The van der Waals surface area contributed by atoms with Gasteiger partial charge >= 0.3 is 0 Å². The fraction of sp³-hybridized carbons (Fsp3) is 0.467. The van der Waals surface area contributed by atoms with Crippen LogP contribution >= 0.6 is 11.6 Å². The summed E-state index contributed by atoms with van der Waals surface area (Å²) in [6.45, 7) is 1.80. The average molecular weight is 294 g/mol. The van der Waals surface area contributed by atoms with E-state index in [-0.39, 0.29) is 11.9 Å². The topological polar surface area (TPSA) is 53.5 Å². The molecule has 1 amide bonds. The SMILES string of the molecule is CC(Nc1cccc(Cl)c1)C(=O)NN=C1CCCCC1. The molecule has 1 saturated carbocycles. The van der Waals surface area contributed by atoms with Crippen molar-refractivity contribution in [1.29, 1.82) is 0 Å². The zero-order valence-corrected chi connectivity index (χ0v) is 12.4. The molecule has 0 bridgehead atoms. The van der Waals surface area contributed by atoms with Crippen LogP contribution in [-0.2, 0) is 4.79 Å². The summed E-state index contributed by atoms with van der Waals surface area (Å²) in [6.07, 6.45) is 5.60. The van der Waals surface area contributed by atoms with Crippen molar-refractivity contribution in [3.05, 3.63) is 29.3 Å². The maximum atomic E-state index is 12.0. The molecule has 1 fully saturated rings. The Bertz CT molecular complexity index is 494. The monoisotopic (exact) mass is 293 g/mol. The summed E-state index contributed by atoms with van der Waals surface area (Å²) < 4.78 is 0. The quantitative estimate of drug-likeness (QED) is 0.834. The highest BCUT2D eigenvalue weighted by molar-refractivity contribution is 6.30. The van der Waals surface area contributed by atoms with Gasteiger partial charge in [0.1, 0.15) is 6.04 Å². The molecule has 4 nitrogen and oxygen atoms in total. The van der Waals surface area contributed by atoms with Crippen LogP contribution < -0.4 is 10.7 Å². The average Bonchev–Trinajstić information content (AvgIpc) is 2.46.